The quantitative estimate of drug-likeness (QED) is 0.908. The number of aromatic nitrogens is 1. The minimum atomic E-state index is -0.641. The summed E-state index contributed by atoms with van der Waals surface area (Å²) in [5.41, 5.74) is 5.77. The van der Waals surface area contributed by atoms with Crippen LogP contribution in [0.25, 0.3) is 11.3 Å². The molecule has 3 N–H and O–H groups in total. The first-order valence-corrected chi connectivity index (χ1v) is 6.33. The molecule has 106 valence electrons. The average Bonchev–Trinajstić information content (AvgIpc) is 2.73. The summed E-state index contributed by atoms with van der Waals surface area (Å²) in [4.78, 5) is 15.3. The average molecular weight is 299 g/mol. The molecule has 1 aromatic heterocycles. The molecule has 0 atom stereocenters. The maximum atomic E-state index is 13.7. The van der Waals surface area contributed by atoms with Crippen molar-refractivity contribution in [2.75, 3.05) is 24.8 Å². The minimum absolute atomic E-state index is 0.0500. The van der Waals surface area contributed by atoms with Gasteiger partial charge >= 0.3 is 0 Å². The summed E-state index contributed by atoms with van der Waals surface area (Å²) in [5, 5.41) is 2.84. The monoisotopic (exact) mass is 299 g/mol. The van der Waals surface area contributed by atoms with Crippen LogP contribution in [-0.2, 0) is 9.53 Å². The first-order valence-electron chi connectivity index (χ1n) is 5.51. The lowest BCUT2D eigenvalue weighted by Gasteiger charge is -2.01. The number of carbonyl (C=O) groups excluding carboxylic acids is 1. The highest BCUT2D eigenvalue weighted by Gasteiger charge is 2.16. The van der Waals surface area contributed by atoms with Crippen molar-refractivity contribution in [3.63, 3.8) is 0 Å². The predicted molar refractivity (Wildman–Crippen MR) is 72.4 cm³/mol. The van der Waals surface area contributed by atoms with E-state index in [0.29, 0.717) is 0 Å². The van der Waals surface area contributed by atoms with E-state index in [2.05, 4.69) is 15.0 Å². The molecular formula is C12H11F2N3O2S. The van der Waals surface area contributed by atoms with Gasteiger partial charge in [-0.2, -0.15) is 0 Å². The second-order valence-corrected chi connectivity index (χ2v) is 4.87. The van der Waals surface area contributed by atoms with Crippen LogP contribution in [0.5, 0.6) is 0 Å². The number of methoxy groups -OCH3 is 1. The highest BCUT2D eigenvalue weighted by molar-refractivity contribution is 7.20. The molecule has 2 rings (SSSR count). The molecule has 5 nitrogen and oxygen atoms in total. The topological polar surface area (TPSA) is 77.2 Å². The third-order valence-corrected chi connectivity index (χ3v) is 3.16. The van der Waals surface area contributed by atoms with Crippen molar-refractivity contribution in [3.8, 4) is 11.3 Å². The molecule has 0 fully saturated rings. The summed E-state index contributed by atoms with van der Waals surface area (Å²) < 4.78 is 31.5. The van der Waals surface area contributed by atoms with Crippen molar-refractivity contribution in [2.45, 2.75) is 0 Å². The van der Waals surface area contributed by atoms with Crippen LogP contribution in [0.3, 0.4) is 0 Å². The largest absolute Gasteiger partial charge is 0.389 e. The summed E-state index contributed by atoms with van der Waals surface area (Å²) in [6, 6.07) is 3.00. The van der Waals surface area contributed by atoms with E-state index in [-0.39, 0.29) is 28.0 Å². The van der Waals surface area contributed by atoms with E-state index >= 15 is 0 Å². The zero-order valence-electron chi connectivity index (χ0n) is 10.4. The minimum Gasteiger partial charge on any atom is -0.389 e. The number of hydrogen-bond donors (Lipinski definition) is 2. The summed E-state index contributed by atoms with van der Waals surface area (Å²) in [7, 11) is 1.38. The van der Waals surface area contributed by atoms with Gasteiger partial charge in [-0.1, -0.05) is 11.3 Å². The van der Waals surface area contributed by atoms with Gasteiger partial charge in [-0.15, -0.1) is 0 Å². The van der Waals surface area contributed by atoms with E-state index in [4.69, 9.17) is 5.73 Å². The molecule has 0 saturated heterocycles. The number of halogens is 2. The number of nitrogens with one attached hydrogen (secondary N) is 1. The number of thiazole rings is 1. The van der Waals surface area contributed by atoms with Gasteiger partial charge in [0.05, 0.1) is 0 Å². The van der Waals surface area contributed by atoms with Crippen molar-refractivity contribution in [3.05, 3.63) is 29.8 Å². The Kier molecular flexibility index (Phi) is 4.26. The molecule has 1 amide bonds. The van der Waals surface area contributed by atoms with E-state index in [1.807, 2.05) is 0 Å². The van der Waals surface area contributed by atoms with E-state index < -0.39 is 17.5 Å². The van der Waals surface area contributed by atoms with Crippen LogP contribution in [0.15, 0.2) is 18.2 Å². The Morgan fingerprint density at radius 1 is 1.50 bits per heavy atom. The van der Waals surface area contributed by atoms with Gasteiger partial charge in [0.1, 0.15) is 28.9 Å². The maximum absolute atomic E-state index is 13.7. The Balaban J connectivity index is 2.32. The van der Waals surface area contributed by atoms with Crippen LogP contribution >= 0.6 is 11.3 Å². The summed E-state index contributed by atoms with van der Waals surface area (Å²) in [6.07, 6.45) is 0. The van der Waals surface area contributed by atoms with Crippen molar-refractivity contribution in [1.82, 2.24) is 4.98 Å². The normalized spacial score (nSPS) is 10.6. The zero-order chi connectivity index (χ0) is 14.7. The number of carbonyl (C=O) groups is 1. The lowest BCUT2D eigenvalue weighted by molar-refractivity contribution is -0.119. The molecule has 0 unspecified atom stereocenters. The highest BCUT2D eigenvalue weighted by atomic mass is 32.1. The molecule has 0 radical (unpaired) electrons. The van der Waals surface area contributed by atoms with Gasteiger partial charge in [-0.3, -0.25) is 10.1 Å². The SMILES string of the molecule is COCC(=O)Nc1nc(-c2cc(F)ccc2F)c(N)s1. The second kappa shape index (κ2) is 5.93. The zero-order valence-corrected chi connectivity index (χ0v) is 11.3. The van der Waals surface area contributed by atoms with Gasteiger partial charge in [0.2, 0.25) is 0 Å². The number of anilines is 2. The van der Waals surface area contributed by atoms with Crippen LogP contribution in [0.4, 0.5) is 18.9 Å². The Labute approximate surface area is 117 Å². The van der Waals surface area contributed by atoms with Gasteiger partial charge in [-0.05, 0) is 18.2 Å². The van der Waals surface area contributed by atoms with Crippen molar-refractivity contribution < 1.29 is 18.3 Å². The molecular weight excluding hydrogens is 288 g/mol. The number of benzene rings is 1. The Hall–Kier alpha value is -2.06. The predicted octanol–water partition coefficient (Wildman–Crippen LogP) is 2.26. The molecule has 1 aromatic carbocycles. The lowest BCUT2D eigenvalue weighted by Crippen LogP contribution is -2.16. The highest BCUT2D eigenvalue weighted by Crippen LogP contribution is 2.34. The Morgan fingerprint density at radius 3 is 2.95 bits per heavy atom. The number of nitrogens with zero attached hydrogens (tertiary/aromatic N) is 1. The number of ether oxygens (including phenoxy) is 1. The smallest absolute Gasteiger partial charge is 0.252 e. The van der Waals surface area contributed by atoms with E-state index in [1.165, 1.54) is 7.11 Å². The lowest BCUT2D eigenvalue weighted by atomic mass is 10.1. The van der Waals surface area contributed by atoms with Crippen molar-refractivity contribution in [2.24, 2.45) is 0 Å². The van der Waals surface area contributed by atoms with Crippen LogP contribution in [0, 0.1) is 11.6 Å². The number of rotatable bonds is 4. The molecule has 0 saturated carbocycles. The number of nitrogen functional groups attached to an aromatic ring is 1. The third-order valence-electron chi connectivity index (χ3n) is 2.36. The maximum Gasteiger partial charge on any atom is 0.252 e. The van der Waals surface area contributed by atoms with E-state index in [0.717, 1.165) is 29.5 Å². The summed E-state index contributed by atoms with van der Waals surface area (Å²) in [5.74, 6) is -1.65. The first kappa shape index (κ1) is 14.4. The van der Waals surface area contributed by atoms with E-state index in [9.17, 15) is 13.6 Å². The van der Waals surface area contributed by atoms with Crippen LogP contribution < -0.4 is 11.1 Å². The fourth-order valence-corrected chi connectivity index (χ4v) is 2.31. The Bertz CT molecular complexity index is 646. The number of nitrogens with two attached hydrogens (primary N) is 1. The molecule has 0 aliphatic carbocycles. The van der Waals surface area contributed by atoms with Gasteiger partial charge in [0, 0.05) is 12.7 Å². The van der Waals surface area contributed by atoms with Crippen LogP contribution in [0.2, 0.25) is 0 Å². The molecule has 0 bridgehead atoms. The molecule has 0 aliphatic rings. The molecule has 8 heteroatoms. The van der Waals surface area contributed by atoms with Gasteiger partial charge in [0.15, 0.2) is 5.13 Å². The summed E-state index contributed by atoms with van der Waals surface area (Å²) in [6.45, 7) is -0.136. The fourth-order valence-electron chi connectivity index (χ4n) is 1.54. The van der Waals surface area contributed by atoms with Gasteiger partial charge < -0.3 is 10.5 Å². The summed E-state index contributed by atoms with van der Waals surface area (Å²) >= 11 is 0.968. The van der Waals surface area contributed by atoms with E-state index in [1.54, 1.807) is 0 Å². The standard InChI is InChI=1S/C12H11F2N3O2S/c1-19-5-9(18)16-12-17-10(11(15)20-12)7-4-6(13)2-3-8(7)14/h2-4H,5,15H2,1H3,(H,16,17,18). The Morgan fingerprint density at radius 2 is 2.25 bits per heavy atom. The fraction of sp³-hybridized carbons (Fsp3) is 0.167. The molecule has 0 spiro atoms. The van der Waals surface area contributed by atoms with Crippen LogP contribution in [0.1, 0.15) is 0 Å². The molecule has 20 heavy (non-hydrogen) atoms. The number of hydrogen-bond acceptors (Lipinski definition) is 5. The van der Waals surface area contributed by atoms with Gasteiger partial charge in [0.25, 0.3) is 5.91 Å². The number of amides is 1. The molecule has 2 aromatic rings. The molecule has 1 heterocycles. The third kappa shape index (κ3) is 3.09. The second-order valence-electron chi connectivity index (χ2n) is 3.84. The first-order chi connectivity index (χ1) is 9.51. The van der Waals surface area contributed by atoms with Crippen LogP contribution in [-0.4, -0.2) is 24.6 Å². The van der Waals surface area contributed by atoms with Crippen molar-refractivity contribution >= 4 is 27.4 Å². The molecule has 0 aliphatic heterocycles. The van der Waals surface area contributed by atoms with Gasteiger partial charge in [-0.25, -0.2) is 13.8 Å². The van der Waals surface area contributed by atoms with Crippen molar-refractivity contribution in [1.29, 1.82) is 0 Å².